The van der Waals surface area contributed by atoms with Crippen molar-refractivity contribution in [3.63, 3.8) is 0 Å². The maximum absolute atomic E-state index is 13.1. The van der Waals surface area contributed by atoms with Gasteiger partial charge in [-0.2, -0.15) is 10.2 Å². The Balaban J connectivity index is 1.48. The number of primary amides is 1. The average molecular weight is 371 g/mol. The minimum absolute atomic E-state index is 0.111. The number of anilines is 1. The van der Waals surface area contributed by atoms with Gasteiger partial charge in [-0.25, -0.2) is 0 Å². The summed E-state index contributed by atoms with van der Waals surface area (Å²) in [4.78, 5) is 28.6. The summed E-state index contributed by atoms with van der Waals surface area (Å²) < 4.78 is 1.72. The van der Waals surface area contributed by atoms with Gasteiger partial charge in [-0.1, -0.05) is 0 Å². The summed E-state index contributed by atoms with van der Waals surface area (Å²) in [7, 11) is 1.86. The molecule has 2 fully saturated rings. The van der Waals surface area contributed by atoms with Crippen LogP contribution < -0.4 is 10.6 Å². The number of hydrogen-bond donors (Lipinski definition) is 2. The van der Waals surface area contributed by atoms with Crippen molar-refractivity contribution in [1.82, 2.24) is 24.9 Å². The Bertz CT molecular complexity index is 842. The second-order valence-electron chi connectivity index (χ2n) is 7.43. The van der Waals surface area contributed by atoms with Crippen LogP contribution in [-0.2, 0) is 11.8 Å². The van der Waals surface area contributed by atoms with Crippen LogP contribution in [0.15, 0.2) is 18.5 Å². The van der Waals surface area contributed by atoms with Gasteiger partial charge in [0.05, 0.1) is 17.9 Å². The standard InChI is InChI=1S/C18H25N7O2/c1-23-11-13(9-20-23)25-7-3-5-16(18(25)27)24-6-2-4-12(10-24)14-8-15(17(19)26)22-21-14/h8-9,11-12,16H,2-7,10H2,1H3,(H2,19,26)(H,21,22). The fraction of sp³-hybridized carbons (Fsp3) is 0.556. The van der Waals surface area contributed by atoms with Crippen LogP contribution in [0.4, 0.5) is 5.69 Å². The van der Waals surface area contributed by atoms with Crippen LogP contribution in [0.3, 0.4) is 0 Å². The predicted molar refractivity (Wildman–Crippen MR) is 99.2 cm³/mol. The van der Waals surface area contributed by atoms with E-state index in [2.05, 4.69) is 20.2 Å². The second-order valence-corrected chi connectivity index (χ2v) is 7.43. The normalized spacial score (nSPS) is 24.3. The maximum atomic E-state index is 13.1. The van der Waals surface area contributed by atoms with E-state index in [-0.39, 0.29) is 23.6 Å². The molecule has 4 rings (SSSR count). The second kappa shape index (κ2) is 7.15. The van der Waals surface area contributed by atoms with Crippen molar-refractivity contribution >= 4 is 17.5 Å². The largest absolute Gasteiger partial charge is 0.364 e. The van der Waals surface area contributed by atoms with Crippen LogP contribution in [0, 0.1) is 0 Å². The smallest absolute Gasteiger partial charge is 0.269 e. The number of aryl methyl sites for hydroxylation is 1. The van der Waals surface area contributed by atoms with Gasteiger partial charge in [0.1, 0.15) is 5.69 Å². The van der Waals surface area contributed by atoms with Gasteiger partial charge in [-0.05, 0) is 38.3 Å². The molecule has 27 heavy (non-hydrogen) atoms. The Kier molecular flexibility index (Phi) is 4.69. The molecule has 2 aromatic heterocycles. The number of likely N-dealkylation sites (tertiary alicyclic amines) is 1. The fourth-order valence-electron chi connectivity index (χ4n) is 4.21. The number of piperidine rings is 2. The predicted octanol–water partition coefficient (Wildman–Crippen LogP) is 0.617. The highest BCUT2D eigenvalue weighted by atomic mass is 16.2. The van der Waals surface area contributed by atoms with Crippen molar-refractivity contribution < 1.29 is 9.59 Å². The van der Waals surface area contributed by atoms with Crippen molar-refractivity contribution in [2.45, 2.75) is 37.6 Å². The highest BCUT2D eigenvalue weighted by molar-refractivity contribution is 5.97. The van der Waals surface area contributed by atoms with Crippen LogP contribution in [0.5, 0.6) is 0 Å². The zero-order valence-corrected chi connectivity index (χ0v) is 15.5. The van der Waals surface area contributed by atoms with Crippen molar-refractivity contribution in [3.8, 4) is 0 Å². The average Bonchev–Trinajstić information content (AvgIpc) is 3.31. The summed E-state index contributed by atoms with van der Waals surface area (Å²) in [6, 6.07) is 1.63. The first-order valence-electron chi connectivity index (χ1n) is 9.42. The number of nitrogens with two attached hydrogens (primary N) is 1. The Labute approximate surface area is 157 Å². The molecule has 0 aliphatic carbocycles. The minimum Gasteiger partial charge on any atom is -0.364 e. The number of nitrogens with zero attached hydrogens (tertiary/aromatic N) is 5. The van der Waals surface area contributed by atoms with Crippen LogP contribution in [-0.4, -0.2) is 62.4 Å². The Hall–Kier alpha value is -2.68. The van der Waals surface area contributed by atoms with E-state index in [1.807, 2.05) is 18.1 Å². The highest BCUT2D eigenvalue weighted by Gasteiger charge is 2.37. The Morgan fingerprint density at radius 1 is 1.30 bits per heavy atom. The molecule has 4 heterocycles. The molecule has 0 saturated carbocycles. The lowest BCUT2D eigenvalue weighted by Crippen LogP contribution is -2.54. The summed E-state index contributed by atoms with van der Waals surface area (Å²) in [5.41, 5.74) is 7.34. The van der Waals surface area contributed by atoms with E-state index in [9.17, 15) is 9.59 Å². The molecule has 2 saturated heterocycles. The number of nitrogens with one attached hydrogen (secondary N) is 1. The highest BCUT2D eigenvalue weighted by Crippen LogP contribution is 2.30. The first-order chi connectivity index (χ1) is 13.0. The number of carbonyl (C=O) groups excluding carboxylic acids is 2. The quantitative estimate of drug-likeness (QED) is 0.818. The van der Waals surface area contributed by atoms with E-state index in [1.54, 1.807) is 16.9 Å². The van der Waals surface area contributed by atoms with E-state index in [1.165, 1.54) is 0 Å². The molecule has 2 aromatic rings. The molecule has 2 aliphatic heterocycles. The van der Waals surface area contributed by atoms with E-state index in [4.69, 9.17) is 5.73 Å². The molecule has 0 aromatic carbocycles. The molecule has 2 atom stereocenters. The molecule has 0 bridgehead atoms. The van der Waals surface area contributed by atoms with E-state index in [0.717, 1.165) is 56.7 Å². The van der Waals surface area contributed by atoms with Crippen LogP contribution in [0.2, 0.25) is 0 Å². The van der Waals surface area contributed by atoms with Crippen molar-refractivity contribution in [2.75, 3.05) is 24.5 Å². The minimum atomic E-state index is -0.528. The monoisotopic (exact) mass is 371 g/mol. The van der Waals surface area contributed by atoms with Crippen molar-refractivity contribution in [3.05, 3.63) is 29.8 Å². The zero-order chi connectivity index (χ0) is 19.0. The number of amides is 2. The van der Waals surface area contributed by atoms with Gasteiger partial charge in [0.2, 0.25) is 5.91 Å². The first-order valence-corrected chi connectivity index (χ1v) is 9.42. The summed E-state index contributed by atoms with van der Waals surface area (Å²) in [6.45, 7) is 2.42. The van der Waals surface area contributed by atoms with Gasteiger partial charge in [-0.3, -0.25) is 24.3 Å². The van der Waals surface area contributed by atoms with Gasteiger partial charge in [-0.15, -0.1) is 0 Å². The van der Waals surface area contributed by atoms with Gasteiger partial charge in [0.15, 0.2) is 0 Å². The number of H-pyrrole nitrogens is 1. The fourth-order valence-corrected chi connectivity index (χ4v) is 4.21. The number of aromatic amines is 1. The maximum Gasteiger partial charge on any atom is 0.269 e. The molecule has 0 radical (unpaired) electrons. The molecule has 9 heteroatoms. The van der Waals surface area contributed by atoms with Gasteiger partial charge in [0.25, 0.3) is 5.91 Å². The number of hydrogen-bond acceptors (Lipinski definition) is 5. The summed E-state index contributed by atoms with van der Waals surface area (Å²) >= 11 is 0. The van der Waals surface area contributed by atoms with E-state index in [0.29, 0.717) is 0 Å². The third-order valence-electron chi connectivity index (χ3n) is 5.60. The molecular formula is C18H25N7O2. The molecule has 3 N–H and O–H groups in total. The topological polar surface area (TPSA) is 113 Å². The van der Waals surface area contributed by atoms with Gasteiger partial charge >= 0.3 is 0 Å². The van der Waals surface area contributed by atoms with E-state index < -0.39 is 5.91 Å². The molecule has 2 aliphatic rings. The number of carbonyl (C=O) groups is 2. The molecule has 2 unspecified atom stereocenters. The summed E-state index contributed by atoms with van der Waals surface area (Å²) in [6.07, 6.45) is 7.49. The van der Waals surface area contributed by atoms with Crippen LogP contribution in [0.25, 0.3) is 0 Å². The van der Waals surface area contributed by atoms with Crippen LogP contribution in [0.1, 0.15) is 47.8 Å². The lowest BCUT2D eigenvalue weighted by molar-refractivity contribution is -0.125. The van der Waals surface area contributed by atoms with Crippen molar-refractivity contribution in [2.24, 2.45) is 12.8 Å². The van der Waals surface area contributed by atoms with E-state index >= 15 is 0 Å². The molecular weight excluding hydrogens is 346 g/mol. The van der Waals surface area contributed by atoms with Gasteiger partial charge in [0, 0.05) is 37.9 Å². The SMILES string of the molecule is Cn1cc(N2CCCC(N3CCCC(c4cc(C(N)=O)n[nH]4)C3)C2=O)cn1. The molecule has 0 spiro atoms. The Morgan fingerprint density at radius 3 is 2.81 bits per heavy atom. The molecule has 2 amide bonds. The summed E-state index contributed by atoms with van der Waals surface area (Å²) in [5.74, 6) is -0.155. The third-order valence-corrected chi connectivity index (χ3v) is 5.60. The lowest BCUT2D eigenvalue weighted by atomic mass is 9.91. The number of aromatic nitrogens is 4. The lowest BCUT2D eigenvalue weighted by Gasteiger charge is -2.41. The molecule has 9 nitrogen and oxygen atoms in total. The first kappa shape index (κ1) is 17.7. The zero-order valence-electron chi connectivity index (χ0n) is 15.5. The Morgan fingerprint density at radius 2 is 2.11 bits per heavy atom. The number of rotatable bonds is 4. The third kappa shape index (κ3) is 3.46. The van der Waals surface area contributed by atoms with Crippen molar-refractivity contribution in [1.29, 1.82) is 0 Å². The van der Waals surface area contributed by atoms with Gasteiger partial charge < -0.3 is 10.6 Å². The van der Waals surface area contributed by atoms with Crippen LogP contribution >= 0.6 is 0 Å². The molecule has 144 valence electrons. The summed E-state index contributed by atoms with van der Waals surface area (Å²) in [5, 5.41) is 11.1.